The Morgan fingerprint density at radius 2 is 1.67 bits per heavy atom. The van der Waals surface area contributed by atoms with Crippen LogP contribution in [0.15, 0.2) is 48.1 Å². The monoisotopic (exact) mass is 286 g/mol. The van der Waals surface area contributed by atoms with Gasteiger partial charge in [0.1, 0.15) is 0 Å². The molecule has 1 aromatic carbocycles. The lowest BCUT2D eigenvalue weighted by atomic mass is 9.85. The van der Waals surface area contributed by atoms with Gasteiger partial charge in [0.05, 0.1) is 14.2 Å². The molecule has 0 radical (unpaired) electrons. The Morgan fingerprint density at radius 1 is 1.10 bits per heavy atom. The van der Waals surface area contributed by atoms with E-state index in [-0.39, 0.29) is 12.8 Å². The lowest BCUT2D eigenvalue weighted by Gasteiger charge is -2.21. The second-order valence-corrected chi connectivity index (χ2v) is 5.10. The van der Waals surface area contributed by atoms with Crippen LogP contribution < -0.4 is 0 Å². The van der Waals surface area contributed by atoms with Crippen LogP contribution >= 0.6 is 0 Å². The van der Waals surface area contributed by atoms with Crippen molar-refractivity contribution in [3.05, 3.63) is 53.6 Å². The quantitative estimate of drug-likeness (QED) is 0.633. The normalized spacial score (nSPS) is 18.6. The molecule has 4 heteroatoms. The van der Waals surface area contributed by atoms with Crippen molar-refractivity contribution < 1.29 is 19.1 Å². The number of hydrogen-bond donors (Lipinski definition) is 0. The van der Waals surface area contributed by atoms with E-state index >= 15 is 0 Å². The van der Waals surface area contributed by atoms with Crippen molar-refractivity contribution in [1.29, 1.82) is 0 Å². The summed E-state index contributed by atoms with van der Waals surface area (Å²) in [7, 11) is 2.55. The van der Waals surface area contributed by atoms with Crippen molar-refractivity contribution in [3.8, 4) is 0 Å². The van der Waals surface area contributed by atoms with Crippen LogP contribution in [0.4, 0.5) is 0 Å². The zero-order valence-corrected chi connectivity index (χ0v) is 12.2. The standard InChI is InChI=1S/C17H18O4/c1-12-10-17(15(18)20-2,16(19)21-3)11-14(12)9-13-7-5-4-6-8-13/h4-9H,1,10-11H2,2-3H3/b14-9+. The van der Waals surface area contributed by atoms with Crippen LogP contribution in [0.5, 0.6) is 0 Å². The minimum atomic E-state index is -1.30. The minimum absolute atomic E-state index is 0.227. The van der Waals surface area contributed by atoms with Crippen molar-refractivity contribution in [1.82, 2.24) is 0 Å². The third-order valence-corrected chi connectivity index (χ3v) is 3.75. The number of carbonyl (C=O) groups is 2. The van der Waals surface area contributed by atoms with Crippen LogP contribution in [0.1, 0.15) is 18.4 Å². The topological polar surface area (TPSA) is 52.6 Å². The van der Waals surface area contributed by atoms with Crippen LogP contribution in [-0.2, 0) is 19.1 Å². The van der Waals surface area contributed by atoms with E-state index in [1.165, 1.54) is 14.2 Å². The summed E-state index contributed by atoms with van der Waals surface area (Å²) in [6.07, 6.45) is 2.42. The van der Waals surface area contributed by atoms with Gasteiger partial charge in [-0.15, -0.1) is 0 Å². The molecular weight excluding hydrogens is 268 g/mol. The maximum Gasteiger partial charge on any atom is 0.323 e. The molecule has 1 aliphatic rings. The van der Waals surface area contributed by atoms with Gasteiger partial charge in [-0.3, -0.25) is 9.59 Å². The molecule has 0 spiro atoms. The number of hydrogen-bond acceptors (Lipinski definition) is 4. The van der Waals surface area contributed by atoms with Gasteiger partial charge in [0.15, 0.2) is 5.41 Å². The van der Waals surface area contributed by atoms with Crippen LogP contribution in [0.3, 0.4) is 0 Å². The predicted octanol–water partition coefficient (Wildman–Crippen LogP) is 2.75. The molecule has 0 unspecified atom stereocenters. The molecule has 4 nitrogen and oxygen atoms in total. The molecular formula is C17H18O4. The fourth-order valence-electron chi connectivity index (χ4n) is 2.66. The highest BCUT2D eigenvalue weighted by Crippen LogP contribution is 2.46. The summed E-state index contributed by atoms with van der Waals surface area (Å²) in [6, 6.07) is 9.70. The van der Waals surface area contributed by atoms with Crippen molar-refractivity contribution >= 4 is 18.0 Å². The molecule has 0 aromatic heterocycles. The molecule has 2 rings (SSSR count). The summed E-state index contributed by atoms with van der Waals surface area (Å²) < 4.78 is 9.60. The molecule has 21 heavy (non-hydrogen) atoms. The average molecular weight is 286 g/mol. The molecule has 0 heterocycles. The first-order valence-electron chi connectivity index (χ1n) is 6.64. The summed E-state index contributed by atoms with van der Waals surface area (Å²) in [5, 5.41) is 0. The van der Waals surface area contributed by atoms with Gasteiger partial charge < -0.3 is 9.47 Å². The second-order valence-electron chi connectivity index (χ2n) is 5.10. The molecule has 0 bridgehead atoms. The summed E-state index contributed by atoms with van der Waals surface area (Å²) in [5.74, 6) is -1.15. The number of carbonyl (C=O) groups excluding carboxylic acids is 2. The molecule has 0 saturated heterocycles. The highest BCUT2D eigenvalue weighted by Gasteiger charge is 2.53. The van der Waals surface area contributed by atoms with E-state index in [1.807, 2.05) is 36.4 Å². The number of methoxy groups -OCH3 is 2. The van der Waals surface area contributed by atoms with Crippen LogP contribution in [0.2, 0.25) is 0 Å². The van der Waals surface area contributed by atoms with E-state index in [0.29, 0.717) is 0 Å². The van der Waals surface area contributed by atoms with Gasteiger partial charge in [-0.25, -0.2) is 0 Å². The molecule has 1 aromatic rings. The highest BCUT2D eigenvalue weighted by molar-refractivity contribution is 6.02. The Morgan fingerprint density at radius 3 is 2.19 bits per heavy atom. The van der Waals surface area contributed by atoms with Crippen molar-refractivity contribution in [2.75, 3.05) is 14.2 Å². The summed E-state index contributed by atoms with van der Waals surface area (Å²) in [6.45, 7) is 3.98. The van der Waals surface area contributed by atoms with Crippen molar-refractivity contribution in [2.45, 2.75) is 12.8 Å². The van der Waals surface area contributed by atoms with Crippen molar-refractivity contribution in [2.24, 2.45) is 5.41 Å². The number of benzene rings is 1. The zero-order valence-electron chi connectivity index (χ0n) is 12.2. The van der Waals surface area contributed by atoms with E-state index in [9.17, 15) is 9.59 Å². The first-order valence-corrected chi connectivity index (χ1v) is 6.64. The van der Waals surface area contributed by atoms with Gasteiger partial charge in [-0.1, -0.05) is 48.6 Å². The summed E-state index contributed by atoms with van der Waals surface area (Å²) in [5.41, 5.74) is 1.33. The Hall–Kier alpha value is -2.36. The second kappa shape index (κ2) is 5.95. The first kappa shape index (κ1) is 15.0. The average Bonchev–Trinajstić information content (AvgIpc) is 2.84. The third kappa shape index (κ3) is 2.75. The van der Waals surface area contributed by atoms with E-state index in [4.69, 9.17) is 9.47 Å². The van der Waals surface area contributed by atoms with Crippen LogP contribution in [0, 0.1) is 5.41 Å². The SMILES string of the molecule is C=C1CC(C(=O)OC)(C(=O)OC)C/C1=C\c1ccccc1. The van der Waals surface area contributed by atoms with E-state index in [0.717, 1.165) is 16.7 Å². The van der Waals surface area contributed by atoms with E-state index < -0.39 is 17.4 Å². The number of ether oxygens (including phenoxy) is 2. The molecule has 0 N–H and O–H groups in total. The Bertz CT molecular complexity index is 582. The molecule has 1 saturated carbocycles. The van der Waals surface area contributed by atoms with Gasteiger partial charge in [-0.05, 0) is 24.0 Å². The smallest absolute Gasteiger partial charge is 0.323 e. The van der Waals surface area contributed by atoms with E-state index in [1.54, 1.807) is 0 Å². The fourth-order valence-corrected chi connectivity index (χ4v) is 2.66. The summed E-state index contributed by atoms with van der Waals surface area (Å²) in [4.78, 5) is 24.2. The van der Waals surface area contributed by atoms with Gasteiger partial charge in [0, 0.05) is 0 Å². The Balaban J connectivity index is 2.38. The molecule has 0 amide bonds. The molecule has 0 atom stereocenters. The Labute approximate surface area is 124 Å². The summed E-state index contributed by atoms with van der Waals surface area (Å²) >= 11 is 0. The Kier molecular flexibility index (Phi) is 4.26. The highest BCUT2D eigenvalue weighted by atomic mass is 16.5. The van der Waals surface area contributed by atoms with Crippen LogP contribution in [0.25, 0.3) is 6.08 Å². The van der Waals surface area contributed by atoms with Gasteiger partial charge in [-0.2, -0.15) is 0 Å². The lowest BCUT2D eigenvalue weighted by Crippen LogP contribution is -2.38. The van der Waals surface area contributed by atoms with Gasteiger partial charge in [0.25, 0.3) is 0 Å². The molecule has 1 fully saturated rings. The van der Waals surface area contributed by atoms with Gasteiger partial charge in [0.2, 0.25) is 0 Å². The maximum atomic E-state index is 12.1. The predicted molar refractivity (Wildman–Crippen MR) is 79.3 cm³/mol. The lowest BCUT2D eigenvalue weighted by molar-refractivity contribution is -0.168. The minimum Gasteiger partial charge on any atom is -0.468 e. The number of esters is 2. The fraction of sp³-hybridized carbons (Fsp3) is 0.294. The number of rotatable bonds is 3. The first-order chi connectivity index (χ1) is 10.0. The zero-order chi connectivity index (χ0) is 15.5. The van der Waals surface area contributed by atoms with Crippen LogP contribution in [-0.4, -0.2) is 26.2 Å². The van der Waals surface area contributed by atoms with Crippen molar-refractivity contribution in [3.63, 3.8) is 0 Å². The molecule has 1 aliphatic carbocycles. The van der Waals surface area contributed by atoms with E-state index in [2.05, 4.69) is 6.58 Å². The largest absolute Gasteiger partial charge is 0.468 e. The maximum absolute atomic E-state index is 12.1. The molecule has 110 valence electrons. The third-order valence-electron chi connectivity index (χ3n) is 3.75. The number of allylic oxidation sites excluding steroid dienone is 2. The van der Waals surface area contributed by atoms with Gasteiger partial charge >= 0.3 is 11.9 Å². The molecule has 0 aliphatic heterocycles.